The number of hydrogen-bond acceptors (Lipinski definition) is 4. The molecule has 17 heavy (non-hydrogen) atoms. The van der Waals surface area contributed by atoms with Gasteiger partial charge >= 0.3 is 5.97 Å². The highest BCUT2D eigenvalue weighted by Gasteiger charge is 2.35. The minimum atomic E-state index is -0.0726. The molecule has 2 atom stereocenters. The molecule has 0 bridgehead atoms. The third kappa shape index (κ3) is 3.19. The van der Waals surface area contributed by atoms with Crippen LogP contribution in [-0.4, -0.2) is 50.2 Å². The van der Waals surface area contributed by atoms with Crippen molar-refractivity contribution in [2.24, 2.45) is 5.41 Å². The van der Waals surface area contributed by atoms with Crippen molar-refractivity contribution in [3.8, 4) is 0 Å². The maximum absolute atomic E-state index is 11.4. The number of esters is 1. The predicted molar refractivity (Wildman–Crippen MR) is 66.8 cm³/mol. The van der Waals surface area contributed by atoms with Crippen molar-refractivity contribution < 1.29 is 9.53 Å². The van der Waals surface area contributed by atoms with Gasteiger partial charge in [-0.1, -0.05) is 6.92 Å². The summed E-state index contributed by atoms with van der Waals surface area (Å²) in [6.07, 6.45) is 4.15. The molecule has 0 aromatic rings. The number of carbonyl (C=O) groups excluding carboxylic acids is 1. The SMILES string of the molecule is COC(=O)CC1CCCN1CC1(C)CCNC1. The van der Waals surface area contributed by atoms with Crippen molar-refractivity contribution in [3.05, 3.63) is 0 Å². The second kappa shape index (κ2) is 5.36. The van der Waals surface area contributed by atoms with Gasteiger partial charge in [0.2, 0.25) is 0 Å². The van der Waals surface area contributed by atoms with Crippen molar-refractivity contribution >= 4 is 5.97 Å². The summed E-state index contributed by atoms with van der Waals surface area (Å²) in [5.41, 5.74) is 0.388. The van der Waals surface area contributed by atoms with Gasteiger partial charge in [0.05, 0.1) is 13.5 Å². The van der Waals surface area contributed by atoms with E-state index >= 15 is 0 Å². The highest BCUT2D eigenvalue weighted by Crippen LogP contribution is 2.30. The van der Waals surface area contributed by atoms with Crippen LogP contribution in [0.4, 0.5) is 0 Å². The van der Waals surface area contributed by atoms with E-state index in [9.17, 15) is 4.79 Å². The maximum Gasteiger partial charge on any atom is 0.307 e. The van der Waals surface area contributed by atoms with Crippen molar-refractivity contribution in [3.63, 3.8) is 0 Å². The fraction of sp³-hybridized carbons (Fsp3) is 0.923. The lowest BCUT2D eigenvalue weighted by Crippen LogP contribution is -2.41. The highest BCUT2D eigenvalue weighted by molar-refractivity contribution is 5.69. The summed E-state index contributed by atoms with van der Waals surface area (Å²) in [6, 6.07) is 0.403. The Hall–Kier alpha value is -0.610. The summed E-state index contributed by atoms with van der Waals surface area (Å²) in [5, 5.41) is 3.44. The Morgan fingerprint density at radius 3 is 3.06 bits per heavy atom. The van der Waals surface area contributed by atoms with E-state index in [0.717, 1.165) is 32.6 Å². The fourth-order valence-electron chi connectivity index (χ4n) is 3.10. The van der Waals surface area contributed by atoms with Gasteiger partial charge in [0, 0.05) is 19.1 Å². The Morgan fingerprint density at radius 2 is 2.41 bits per heavy atom. The topological polar surface area (TPSA) is 41.6 Å². The fourth-order valence-corrected chi connectivity index (χ4v) is 3.10. The minimum absolute atomic E-state index is 0.0726. The summed E-state index contributed by atoms with van der Waals surface area (Å²) < 4.78 is 4.78. The van der Waals surface area contributed by atoms with Crippen LogP contribution in [0.1, 0.15) is 32.6 Å². The lowest BCUT2D eigenvalue weighted by atomic mass is 9.89. The van der Waals surface area contributed by atoms with Crippen LogP contribution < -0.4 is 5.32 Å². The molecule has 0 aromatic heterocycles. The highest BCUT2D eigenvalue weighted by atomic mass is 16.5. The van der Waals surface area contributed by atoms with Gasteiger partial charge in [0.25, 0.3) is 0 Å². The molecule has 2 rings (SSSR count). The van der Waals surface area contributed by atoms with Crippen molar-refractivity contribution in [2.45, 2.75) is 38.6 Å². The summed E-state index contributed by atoms with van der Waals surface area (Å²) in [5.74, 6) is -0.0726. The maximum atomic E-state index is 11.4. The van der Waals surface area contributed by atoms with Gasteiger partial charge in [-0.2, -0.15) is 0 Å². The standard InChI is InChI=1S/C13H24N2O2/c1-13(5-6-14-9-13)10-15-7-3-4-11(15)8-12(16)17-2/h11,14H,3-10H2,1-2H3. The van der Waals surface area contributed by atoms with Crippen LogP contribution in [0.15, 0.2) is 0 Å². The molecule has 1 N–H and O–H groups in total. The third-order valence-electron chi connectivity index (χ3n) is 4.17. The van der Waals surface area contributed by atoms with E-state index in [1.54, 1.807) is 0 Å². The van der Waals surface area contributed by atoms with Crippen molar-refractivity contribution in [1.82, 2.24) is 10.2 Å². The molecule has 0 radical (unpaired) electrons. The van der Waals surface area contributed by atoms with Crippen molar-refractivity contribution in [1.29, 1.82) is 0 Å². The van der Waals surface area contributed by atoms with Crippen LogP contribution in [-0.2, 0) is 9.53 Å². The second-order valence-electron chi connectivity index (χ2n) is 5.78. The number of hydrogen-bond donors (Lipinski definition) is 1. The number of rotatable bonds is 4. The first-order chi connectivity index (χ1) is 8.13. The smallest absolute Gasteiger partial charge is 0.307 e. The van der Waals surface area contributed by atoms with E-state index in [2.05, 4.69) is 17.1 Å². The molecule has 2 saturated heterocycles. The number of nitrogens with zero attached hydrogens (tertiary/aromatic N) is 1. The number of methoxy groups -OCH3 is 1. The number of nitrogens with one attached hydrogen (secondary N) is 1. The van der Waals surface area contributed by atoms with Crippen LogP contribution >= 0.6 is 0 Å². The Bertz CT molecular complexity index is 275. The lowest BCUT2D eigenvalue weighted by Gasteiger charge is -2.32. The summed E-state index contributed by atoms with van der Waals surface area (Å²) >= 11 is 0. The molecule has 2 unspecified atom stereocenters. The first-order valence-corrected chi connectivity index (χ1v) is 6.64. The first-order valence-electron chi connectivity index (χ1n) is 6.64. The second-order valence-corrected chi connectivity index (χ2v) is 5.78. The molecule has 2 heterocycles. The number of carbonyl (C=O) groups is 1. The average Bonchev–Trinajstić information content (AvgIpc) is 2.89. The number of likely N-dealkylation sites (tertiary alicyclic amines) is 1. The van der Waals surface area contributed by atoms with Crippen molar-refractivity contribution in [2.75, 3.05) is 33.3 Å². The molecular weight excluding hydrogens is 216 g/mol. The molecule has 4 heteroatoms. The first kappa shape index (κ1) is 12.8. The average molecular weight is 240 g/mol. The Labute approximate surface area is 104 Å². The monoisotopic (exact) mass is 240 g/mol. The van der Waals surface area contributed by atoms with E-state index in [4.69, 9.17) is 4.74 Å². The zero-order chi connectivity index (χ0) is 12.3. The van der Waals surface area contributed by atoms with Gasteiger partial charge in [-0.05, 0) is 37.8 Å². The van der Waals surface area contributed by atoms with Gasteiger partial charge in [-0.3, -0.25) is 9.69 Å². The molecule has 2 aliphatic rings. The van der Waals surface area contributed by atoms with Gasteiger partial charge in [0.15, 0.2) is 0 Å². The van der Waals surface area contributed by atoms with E-state index in [0.29, 0.717) is 17.9 Å². The van der Waals surface area contributed by atoms with Gasteiger partial charge < -0.3 is 10.1 Å². The van der Waals surface area contributed by atoms with Gasteiger partial charge in [-0.15, -0.1) is 0 Å². The normalized spacial score (nSPS) is 34.1. The summed E-state index contributed by atoms with van der Waals surface area (Å²) in [7, 11) is 1.48. The van der Waals surface area contributed by atoms with E-state index in [-0.39, 0.29) is 5.97 Å². The molecule has 0 saturated carbocycles. The Morgan fingerprint density at radius 1 is 1.59 bits per heavy atom. The molecule has 98 valence electrons. The zero-order valence-electron chi connectivity index (χ0n) is 11.0. The molecule has 0 aromatic carbocycles. The quantitative estimate of drug-likeness (QED) is 0.745. The zero-order valence-corrected chi connectivity index (χ0v) is 11.0. The predicted octanol–water partition coefficient (Wildman–Crippen LogP) is 1.01. The lowest BCUT2D eigenvalue weighted by molar-refractivity contribution is -0.141. The molecule has 0 amide bonds. The Kier molecular flexibility index (Phi) is 4.05. The van der Waals surface area contributed by atoms with Gasteiger partial charge in [0.1, 0.15) is 0 Å². The largest absolute Gasteiger partial charge is 0.469 e. The minimum Gasteiger partial charge on any atom is -0.469 e. The molecule has 4 nitrogen and oxygen atoms in total. The van der Waals surface area contributed by atoms with E-state index in [1.807, 2.05) is 0 Å². The third-order valence-corrected chi connectivity index (χ3v) is 4.17. The summed E-state index contributed by atoms with van der Waals surface area (Å²) in [4.78, 5) is 13.9. The van der Waals surface area contributed by atoms with Crippen LogP contribution in [0.5, 0.6) is 0 Å². The van der Waals surface area contributed by atoms with E-state index in [1.165, 1.54) is 20.0 Å². The molecule has 0 spiro atoms. The molecule has 2 fully saturated rings. The summed E-state index contributed by atoms with van der Waals surface area (Å²) in [6.45, 7) is 6.83. The molecular formula is C13H24N2O2. The van der Waals surface area contributed by atoms with Crippen LogP contribution in [0.25, 0.3) is 0 Å². The van der Waals surface area contributed by atoms with Gasteiger partial charge in [-0.25, -0.2) is 0 Å². The molecule has 0 aliphatic carbocycles. The molecule has 2 aliphatic heterocycles. The van der Waals surface area contributed by atoms with Crippen LogP contribution in [0.2, 0.25) is 0 Å². The van der Waals surface area contributed by atoms with Crippen LogP contribution in [0.3, 0.4) is 0 Å². The number of ether oxygens (including phenoxy) is 1. The van der Waals surface area contributed by atoms with E-state index < -0.39 is 0 Å². The van der Waals surface area contributed by atoms with Crippen LogP contribution in [0, 0.1) is 5.41 Å². The Balaban J connectivity index is 1.88.